The summed E-state index contributed by atoms with van der Waals surface area (Å²) in [5.74, 6) is -0.160. The molecule has 1 aromatic heterocycles. The molecule has 0 saturated heterocycles. The highest BCUT2D eigenvalue weighted by atomic mass is 16.1. The Morgan fingerprint density at radius 3 is 2.73 bits per heavy atom. The highest BCUT2D eigenvalue weighted by molar-refractivity contribution is 6.05. The summed E-state index contributed by atoms with van der Waals surface area (Å²) in [6.45, 7) is 0. The largest absolute Gasteiger partial charge is 0.287 e. The number of rotatable bonds is 3. The van der Waals surface area contributed by atoms with Gasteiger partial charge in [0.15, 0.2) is 5.69 Å². The summed E-state index contributed by atoms with van der Waals surface area (Å²) in [4.78, 5) is 11.5. The fraction of sp³-hybridized carbons (Fsp3) is 0. The average Bonchev–Trinajstić information content (AvgIpc) is 2.81. The Balaban J connectivity index is 2.10. The number of allylic oxidation sites excluding steroid dienone is 1. The highest BCUT2D eigenvalue weighted by Crippen LogP contribution is 2.02. The second kappa shape index (κ2) is 4.32. The van der Waals surface area contributed by atoms with E-state index in [4.69, 9.17) is 0 Å². The van der Waals surface area contributed by atoms with Crippen molar-refractivity contribution in [3.8, 4) is 0 Å². The monoisotopic (exact) mass is 199 g/mol. The molecule has 0 fully saturated rings. The first kappa shape index (κ1) is 9.33. The Kier molecular flexibility index (Phi) is 2.69. The minimum Gasteiger partial charge on any atom is -0.287 e. The van der Waals surface area contributed by atoms with Gasteiger partial charge in [0.25, 0.3) is 0 Å². The number of nitrogens with zero attached hydrogens (tertiary/aromatic N) is 2. The zero-order valence-corrected chi connectivity index (χ0v) is 7.92. The van der Waals surface area contributed by atoms with E-state index < -0.39 is 0 Å². The molecule has 0 bridgehead atoms. The molecule has 4 heteroatoms. The molecule has 0 radical (unpaired) electrons. The zero-order chi connectivity index (χ0) is 10.5. The summed E-state index contributed by atoms with van der Waals surface area (Å²) in [5.41, 5.74) is 1.30. The van der Waals surface area contributed by atoms with Crippen molar-refractivity contribution in [2.24, 2.45) is 0 Å². The van der Waals surface area contributed by atoms with Gasteiger partial charge >= 0.3 is 0 Å². The van der Waals surface area contributed by atoms with Crippen LogP contribution in [0.1, 0.15) is 16.1 Å². The summed E-state index contributed by atoms with van der Waals surface area (Å²) in [6.07, 6.45) is 4.70. The fourth-order valence-corrected chi connectivity index (χ4v) is 1.14. The minimum absolute atomic E-state index is 0.160. The number of carbonyl (C=O) groups is 1. The van der Waals surface area contributed by atoms with Crippen molar-refractivity contribution in [1.82, 2.24) is 15.4 Å². The van der Waals surface area contributed by atoms with Gasteiger partial charge in [-0.15, -0.1) is 5.10 Å². The lowest BCUT2D eigenvalue weighted by Gasteiger charge is -1.90. The van der Waals surface area contributed by atoms with Gasteiger partial charge in [-0.3, -0.25) is 9.89 Å². The predicted octanol–water partition coefficient (Wildman–Crippen LogP) is 1.70. The van der Waals surface area contributed by atoms with Gasteiger partial charge in [0.2, 0.25) is 5.78 Å². The number of hydrogen-bond donors (Lipinski definition) is 1. The van der Waals surface area contributed by atoms with Gasteiger partial charge in [-0.1, -0.05) is 41.6 Å². The quantitative estimate of drug-likeness (QED) is 0.604. The first-order valence-corrected chi connectivity index (χ1v) is 4.50. The normalized spacial score (nSPS) is 10.7. The van der Waals surface area contributed by atoms with E-state index in [1.165, 1.54) is 12.3 Å². The molecule has 74 valence electrons. The van der Waals surface area contributed by atoms with Crippen LogP contribution in [0, 0.1) is 0 Å². The van der Waals surface area contributed by atoms with E-state index in [0.29, 0.717) is 5.69 Å². The van der Waals surface area contributed by atoms with Crippen molar-refractivity contribution in [3.05, 3.63) is 53.9 Å². The zero-order valence-electron chi connectivity index (χ0n) is 7.92. The molecule has 0 unspecified atom stereocenters. The third kappa shape index (κ3) is 2.37. The Bertz CT molecular complexity index is 460. The smallest absolute Gasteiger partial charge is 0.207 e. The lowest BCUT2D eigenvalue weighted by Crippen LogP contribution is -1.93. The van der Waals surface area contributed by atoms with Gasteiger partial charge in [0.1, 0.15) is 0 Å². The maximum absolute atomic E-state index is 11.5. The number of aromatic amines is 1. The van der Waals surface area contributed by atoms with E-state index in [1.54, 1.807) is 6.08 Å². The van der Waals surface area contributed by atoms with Crippen LogP contribution < -0.4 is 0 Å². The Morgan fingerprint density at radius 1 is 1.27 bits per heavy atom. The van der Waals surface area contributed by atoms with Crippen LogP contribution in [0.3, 0.4) is 0 Å². The molecule has 0 aliphatic heterocycles. The molecule has 0 saturated carbocycles. The van der Waals surface area contributed by atoms with Crippen LogP contribution in [-0.4, -0.2) is 21.2 Å². The molecule has 1 heterocycles. The second-order valence-electron chi connectivity index (χ2n) is 2.97. The number of ketones is 1. The molecular weight excluding hydrogens is 190 g/mol. The van der Waals surface area contributed by atoms with Crippen molar-refractivity contribution in [2.45, 2.75) is 0 Å². The SMILES string of the molecule is O=C(/C=C/c1ccccc1)c1c[nH]nn1. The minimum atomic E-state index is -0.160. The van der Waals surface area contributed by atoms with Gasteiger partial charge in [-0.2, -0.15) is 0 Å². The van der Waals surface area contributed by atoms with Crippen molar-refractivity contribution in [2.75, 3.05) is 0 Å². The Hall–Kier alpha value is -2.23. The number of aromatic nitrogens is 3. The standard InChI is InChI=1S/C11H9N3O/c15-11(10-8-12-14-13-10)7-6-9-4-2-1-3-5-9/h1-8H,(H,12,13,14)/b7-6+. The van der Waals surface area contributed by atoms with Gasteiger partial charge < -0.3 is 0 Å². The third-order valence-electron chi connectivity index (χ3n) is 1.90. The molecule has 1 aromatic carbocycles. The summed E-state index contributed by atoms with van der Waals surface area (Å²) in [7, 11) is 0. The van der Waals surface area contributed by atoms with Crippen LogP contribution in [0.15, 0.2) is 42.6 Å². The van der Waals surface area contributed by atoms with Crippen molar-refractivity contribution in [3.63, 3.8) is 0 Å². The Morgan fingerprint density at radius 2 is 2.07 bits per heavy atom. The van der Waals surface area contributed by atoms with Crippen LogP contribution in [-0.2, 0) is 0 Å². The molecule has 2 rings (SSSR count). The number of H-pyrrole nitrogens is 1. The van der Waals surface area contributed by atoms with Crippen molar-refractivity contribution >= 4 is 11.9 Å². The van der Waals surface area contributed by atoms with Gasteiger partial charge in [-0.05, 0) is 11.6 Å². The number of nitrogens with one attached hydrogen (secondary N) is 1. The first-order chi connectivity index (χ1) is 7.36. The number of carbonyl (C=O) groups excluding carboxylic acids is 1. The van der Waals surface area contributed by atoms with Gasteiger partial charge in [0, 0.05) is 0 Å². The maximum Gasteiger partial charge on any atom is 0.207 e. The van der Waals surface area contributed by atoms with E-state index >= 15 is 0 Å². The van der Waals surface area contributed by atoms with E-state index in [1.807, 2.05) is 30.3 Å². The molecule has 2 aromatic rings. The summed E-state index contributed by atoms with van der Waals surface area (Å²) in [6, 6.07) is 9.61. The highest BCUT2D eigenvalue weighted by Gasteiger charge is 2.03. The van der Waals surface area contributed by atoms with E-state index in [2.05, 4.69) is 15.4 Å². The first-order valence-electron chi connectivity index (χ1n) is 4.50. The predicted molar refractivity (Wildman–Crippen MR) is 56.2 cm³/mol. The van der Waals surface area contributed by atoms with Crippen LogP contribution >= 0.6 is 0 Å². The second-order valence-corrected chi connectivity index (χ2v) is 2.97. The summed E-state index contributed by atoms with van der Waals surface area (Å²) >= 11 is 0. The van der Waals surface area contributed by atoms with Crippen molar-refractivity contribution < 1.29 is 4.79 Å². The molecule has 0 amide bonds. The Labute approximate surface area is 86.6 Å². The van der Waals surface area contributed by atoms with E-state index in [0.717, 1.165) is 5.56 Å². The third-order valence-corrected chi connectivity index (χ3v) is 1.90. The fourth-order valence-electron chi connectivity index (χ4n) is 1.14. The van der Waals surface area contributed by atoms with Crippen LogP contribution in [0.4, 0.5) is 0 Å². The lowest BCUT2D eigenvalue weighted by molar-refractivity contribution is 0.104. The maximum atomic E-state index is 11.5. The summed E-state index contributed by atoms with van der Waals surface area (Å²) in [5, 5.41) is 9.58. The van der Waals surface area contributed by atoms with Crippen LogP contribution in [0.5, 0.6) is 0 Å². The molecule has 0 atom stereocenters. The molecular formula is C11H9N3O. The van der Waals surface area contributed by atoms with Crippen LogP contribution in [0.2, 0.25) is 0 Å². The van der Waals surface area contributed by atoms with Crippen LogP contribution in [0.25, 0.3) is 6.08 Å². The molecule has 15 heavy (non-hydrogen) atoms. The molecule has 1 N–H and O–H groups in total. The molecule has 4 nitrogen and oxygen atoms in total. The summed E-state index contributed by atoms with van der Waals surface area (Å²) < 4.78 is 0. The molecule has 0 aliphatic carbocycles. The van der Waals surface area contributed by atoms with Gasteiger partial charge in [-0.25, -0.2) is 0 Å². The number of hydrogen-bond acceptors (Lipinski definition) is 3. The van der Waals surface area contributed by atoms with Crippen molar-refractivity contribution in [1.29, 1.82) is 0 Å². The van der Waals surface area contributed by atoms with E-state index in [9.17, 15) is 4.79 Å². The van der Waals surface area contributed by atoms with Gasteiger partial charge in [0.05, 0.1) is 6.20 Å². The topological polar surface area (TPSA) is 58.6 Å². The molecule has 0 aliphatic rings. The average molecular weight is 199 g/mol. The number of benzene rings is 1. The lowest BCUT2D eigenvalue weighted by atomic mass is 10.2. The van der Waals surface area contributed by atoms with E-state index in [-0.39, 0.29) is 5.78 Å². The molecule has 0 spiro atoms.